The smallest absolute Gasteiger partial charge is 0.392 e. The van der Waals surface area contributed by atoms with Crippen LogP contribution in [0, 0.1) is 5.41 Å². The summed E-state index contributed by atoms with van der Waals surface area (Å²) in [5.74, 6) is -0.334. The first kappa shape index (κ1) is 15.8. The van der Waals surface area contributed by atoms with Gasteiger partial charge >= 0.3 is 6.18 Å². The van der Waals surface area contributed by atoms with Gasteiger partial charge in [0.15, 0.2) is 0 Å². The summed E-state index contributed by atoms with van der Waals surface area (Å²) in [6, 6.07) is 4.61. The first-order valence-electron chi connectivity index (χ1n) is 6.74. The van der Waals surface area contributed by atoms with Crippen molar-refractivity contribution >= 4 is 5.91 Å². The quantitative estimate of drug-likeness (QED) is 0.901. The van der Waals surface area contributed by atoms with E-state index in [-0.39, 0.29) is 18.4 Å². The largest absolute Gasteiger partial charge is 0.416 e. The summed E-state index contributed by atoms with van der Waals surface area (Å²) in [5.41, 5.74) is -0.837. The van der Waals surface area contributed by atoms with E-state index < -0.39 is 23.3 Å². The zero-order chi connectivity index (χ0) is 15.8. The number of alkyl halides is 3. The molecule has 1 aliphatic rings. The summed E-state index contributed by atoms with van der Waals surface area (Å²) >= 11 is 0. The molecule has 3 nitrogen and oxygen atoms in total. The van der Waals surface area contributed by atoms with Crippen LogP contribution in [-0.4, -0.2) is 23.2 Å². The zero-order valence-electron chi connectivity index (χ0n) is 11.9. The van der Waals surface area contributed by atoms with E-state index in [4.69, 9.17) is 0 Å². The Bertz CT molecular complexity index is 540. The lowest BCUT2D eigenvalue weighted by atomic mass is 9.64. The normalized spacial score (nSPS) is 24.3. The van der Waals surface area contributed by atoms with Gasteiger partial charge in [-0.05, 0) is 18.1 Å². The van der Waals surface area contributed by atoms with Crippen LogP contribution in [0.25, 0.3) is 0 Å². The van der Waals surface area contributed by atoms with Crippen LogP contribution in [0.4, 0.5) is 13.2 Å². The second kappa shape index (κ2) is 5.33. The molecule has 2 unspecified atom stereocenters. The number of carbonyl (C=O) groups excluding carboxylic acids is 1. The maximum Gasteiger partial charge on any atom is 0.416 e. The van der Waals surface area contributed by atoms with Crippen LogP contribution in [0.5, 0.6) is 0 Å². The van der Waals surface area contributed by atoms with Gasteiger partial charge in [0.05, 0.1) is 18.1 Å². The molecule has 0 radical (unpaired) electrons. The predicted molar refractivity (Wildman–Crippen MR) is 71.5 cm³/mol. The zero-order valence-corrected chi connectivity index (χ0v) is 11.9. The Morgan fingerprint density at radius 1 is 1.43 bits per heavy atom. The van der Waals surface area contributed by atoms with Crippen molar-refractivity contribution in [1.29, 1.82) is 0 Å². The molecule has 1 aromatic carbocycles. The molecule has 0 aliphatic heterocycles. The summed E-state index contributed by atoms with van der Waals surface area (Å²) in [6.45, 7) is 3.69. The Morgan fingerprint density at radius 2 is 2.10 bits per heavy atom. The Kier molecular flexibility index (Phi) is 4.02. The fourth-order valence-electron chi connectivity index (χ4n) is 2.44. The lowest BCUT2D eigenvalue weighted by molar-refractivity contribution is -0.137. The highest BCUT2D eigenvalue weighted by molar-refractivity contribution is 5.79. The molecule has 6 heteroatoms. The van der Waals surface area contributed by atoms with Crippen molar-refractivity contribution < 1.29 is 23.1 Å². The first-order valence-corrected chi connectivity index (χ1v) is 6.74. The van der Waals surface area contributed by atoms with Crippen molar-refractivity contribution in [3.8, 4) is 0 Å². The molecular weight excluding hydrogens is 283 g/mol. The Hall–Kier alpha value is -1.56. The first-order chi connectivity index (χ1) is 9.60. The van der Waals surface area contributed by atoms with E-state index in [9.17, 15) is 23.1 Å². The number of aliphatic hydroxyl groups excluding tert-OH is 1. The highest BCUT2D eigenvalue weighted by atomic mass is 19.4. The van der Waals surface area contributed by atoms with Gasteiger partial charge < -0.3 is 10.4 Å². The molecule has 0 heterocycles. The van der Waals surface area contributed by atoms with Gasteiger partial charge in [0, 0.05) is 11.5 Å². The third kappa shape index (κ3) is 3.37. The number of hydrogen-bond donors (Lipinski definition) is 2. The van der Waals surface area contributed by atoms with Crippen LogP contribution in [-0.2, 0) is 17.4 Å². The average Bonchev–Trinajstić information content (AvgIpc) is 2.37. The van der Waals surface area contributed by atoms with Crippen molar-refractivity contribution in [3.05, 3.63) is 35.4 Å². The van der Waals surface area contributed by atoms with Crippen molar-refractivity contribution in [2.24, 2.45) is 5.41 Å². The number of carbonyl (C=O) groups is 1. The second-order valence-corrected chi connectivity index (χ2v) is 6.07. The van der Waals surface area contributed by atoms with Gasteiger partial charge in [0.1, 0.15) is 0 Å². The van der Waals surface area contributed by atoms with E-state index in [1.807, 2.05) is 13.8 Å². The Labute approximate surface area is 121 Å². The second-order valence-electron chi connectivity index (χ2n) is 6.07. The van der Waals surface area contributed by atoms with Gasteiger partial charge in [0.2, 0.25) is 5.91 Å². The van der Waals surface area contributed by atoms with Gasteiger partial charge in [-0.2, -0.15) is 13.2 Å². The molecule has 21 heavy (non-hydrogen) atoms. The Balaban J connectivity index is 1.98. The summed E-state index contributed by atoms with van der Waals surface area (Å²) < 4.78 is 37.8. The van der Waals surface area contributed by atoms with Crippen LogP contribution in [0.1, 0.15) is 31.4 Å². The molecule has 0 bridgehead atoms. The molecule has 1 amide bonds. The number of aliphatic hydroxyl groups is 1. The number of nitrogens with one attached hydrogen (secondary N) is 1. The number of benzene rings is 1. The van der Waals surface area contributed by atoms with E-state index in [0.717, 1.165) is 12.1 Å². The molecule has 116 valence electrons. The lowest BCUT2D eigenvalue weighted by Crippen LogP contribution is -2.61. The summed E-state index contributed by atoms with van der Waals surface area (Å²) in [6.07, 6.45) is -4.50. The molecular formula is C15H18F3NO2. The highest BCUT2D eigenvalue weighted by Crippen LogP contribution is 2.40. The maximum atomic E-state index is 12.6. The molecule has 1 aliphatic carbocycles. The maximum absolute atomic E-state index is 12.6. The van der Waals surface area contributed by atoms with Crippen molar-refractivity contribution in [2.75, 3.05) is 0 Å². The average molecular weight is 301 g/mol. The third-order valence-corrected chi connectivity index (χ3v) is 4.17. The summed E-state index contributed by atoms with van der Waals surface area (Å²) in [4.78, 5) is 11.9. The van der Waals surface area contributed by atoms with Crippen LogP contribution in [0.3, 0.4) is 0 Å². The molecule has 0 aromatic heterocycles. The minimum atomic E-state index is -4.41. The number of amides is 1. The predicted octanol–water partition coefficient (Wildman–Crippen LogP) is 2.52. The minimum absolute atomic E-state index is 0.105. The highest BCUT2D eigenvalue weighted by Gasteiger charge is 2.47. The fourth-order valence-corrected chi connectivity index (χ4v) is 2.44. The van der Waals surface area contributed by atoms with E-state index >= 15 is 0 Å². The molecule has 2 N–H and O–H groups in total. The number of rotatable bonds is 3. The fraction of sp³-hybridized carbons (Fsp3) is 0.533. The van der Waals surface area contributed by atoms with E-state index in [2.05, 4.69) is 5.32 Å². The molecule has 1 saturated carbocycles. The van der Waals surface area contributed by atoms with E-state index in [0.29, 0.717) is 12.0 Å². The van der Waals surface area contributed by atoms with E-state index in [1.165, 1.54) is 12.1 Å². The van der Waals surface area contributed by atoms with Gasteiger partial charge in [-0.1, -0.05) is 32.0 Å². The number of halogens is 3. The monoisotopic (exact) mass is 301 g/mol. The van der Waals surface area contributed by atoms with Crippen LogP contribution < -0.4 is 5.32 Å². The summed E-state index contributed by atoms with van der Waals surface area (Å²) in [5, 5.41) is 12.4. The molecule has 2 atom stereocenters. The Morgan fingerprint density at radius 3 is 2.62 bits per heavy atom. The van der Waals surface area contributed by atoms with Gasteiger partial charge in [-0.15, -0.1) is 0 Å². The molecule has 0 saturated heterocycles. The molecule has 2 rings (SSSR count). The topological polar surface area (TPSA) is 49.3 Å². The molecule has 0 spiro atoms. The van der Waals surface area contributed by atoms with Gasteiger partial charge in [-0.3, -0.25) is 4.79 Å². The SMILES string of the molecule is CC1(C)C(O)CC1NC(=O)Cc1cccc(C(F)(F)F)c1. The minimum Gasteiger partial charge on any atom is -0.392 e. The van der Waals surface area contributed by atoms with Crippen molar-refractivity contribution in [3.63, 3.8) is 0 Å². The molecule has 1 aromatic rings. The van der Waals surface area contributed by atoms with Crippen molar-refractivity contribution in [1.82, 2.24) is 5.32 Å². The van der Waals surface area contributed by atoms with Crippen LogP contribution >= 0.6 is 0 Å². The van der Waals surface area contributed by atoms with Crippen LogP contribution in [0.15, 0.2) is 24.3 Å². The van der Waals surface area contributed by atoms with Crippen LogP contribution in [0.2, 0.25) is 0 Å². The molecule has 1 fully saturated rings. The lowest BCUT2D eigenvalue weighted by Gasteiger charge is -2.49. The summed E-state index contributed by atoms with van der Waals surface area (Å²) in [7, 11) is 0. The van der Waals surface area contributed by atoms with Gasteiger partial charge in [0.25, 0.3) is 0 Å². The number of hydrogen-bond acceptors (Lipinski definition) is 2. The standard InChI is InChI=1S/C15H18F3NO2/c1-14(2)11(8-12(14)20)19-13(21)7-9-4-3-5-10(6-9)15(16,17)18/h3-6,11-12,20H,7-8H2,1-2H3,(H,19,21). The third-order valence-electron chi connectivity index (χ3n) is 4.17. The van der Waals surface area contributed by atoms with Gasteiger partial charge in [-0.25, -0.2) is 0 Å². The van der Waals surface area contributed by atoms with E-state index in [1.54, 1.807) is 0 Å². The van der Waals surface area contributed by atoms with Crippen molar-refractivity contribution in [2.45, 2.75) is 45.0 Å².